The van der Waals surface area contributed by atoms with Gasteiger partial charge in [0, 0.05) is 23.8 Å². The zero-order chi connectivity index (χ0) is 24.9. The number of methoxy groups -OCH3 is 1. The maximum absolute atomic E-state index is 13.8. The third-order valence-corrected chi connectivity index (χ3v) is 8.06. The fraction of sp³-hybridized carbons (Fsp3) is 0.381. The first-order chi connectivity index (χ1) is 16.8. The minimum absolute atomic E-state index is 0.0115. The maximum atomic E-state index is 13.8. The lowest BCUT2D eigenvalue weighted by Crippen LogP contribution is -2.55. The monoisotopic (exact) mass is 592 g/mol. The van der Waals surface area contributed by atoms with Gasteiger partial charge in [-0.25, -0.2) is 22.8 Å². The highest BCUT2D eigenvalue weighted by Gasteiger charge is 2.54. The zero-order valence-electron chi connectivity index (χ0n) is 17.8. The third kappa shape index (κ3) is 4.70. The number of hydrogen-bond donors (Lipinski definition) is 1. The topological polar surface area (TPSA) is 91.5 Å². The van der Waals surface area contributed by atoms with Crippen molar-refractivity contribution in [2.75, 3.05) is 13.7 Å². The molecule has 2 aliphatic heterocycles. The van der Waals surface area contributed by atoms with Crippen LogP contribution in [-0.4, -0.2) is 68.7 Å². The van der Waals surface area contributed by atoms with E-state index in [2.05, 4.69) is 31.2 Å². The van der Waals surface area contributed by atoms with Crippen LogP contribution in [0.1, 0.15) is 6.04 Å². The molecule has 4 unspecified atom stereocenters. The van der Waals surface area contributed by atoms with Gasteiger partial charge in [-0.3, -0.25) is 0 Å². The molecule has 0 bridgehead atoms. The van der Waals surface area contributed by atoms with Gasteiger partial charge in [-0.15, -0.1) is 5.10 Å². The van der Waals surface area contributed by atoms with Crippen molar-refractivity contribution in [1.29, 1.82) is 0 Å². The number of aliphatic hydroxyl groups excluding tert-OH is 1. The summed E-state index contributed by atoms with van der Waals surface area (Å²) in [4.78, 5) is 4.88. The summed E-state index contributed by atoms with van der Waals surface area (Å²) in [5, 5.41) is 19.1. The van der Waals surface area contributed by atoms with E-state index in [0.717, 1.165) is 12.1 Å². The molecule has 2 saturated heterocycles. The Morgan fingerprint density at radius 2 is 1.97 bits per heavy atom. The highest BCUT2D eigenvalue weighted by molar-refractivity contribution is 9.10. The van der Waals surface area contributed by atoms with Crippen molar-refractivity contribution in [1.82, 2.24) is 20.0 Å². The first-order valence-corrected chi connectivity index (χ1v) is 12.3. The molecule has 6 atom stereocenters. The van der Waals surface area contributed by atoms with Gasteiger partial charge < -0.3 is 19.3 Å². The average Bonchev–Trinajstić information content (AvgIpc) is 3.46. The number of hydrogen-bond acceptors (Lipinski definition) is 8. The van der Waals surface area contributed by atoms with Crippen LogP contribution in [0.15, 0.2) is 40.1 Å². The Balaban J connectivity index is 1.51. The predicted molar refractivity (Wildman–Crippen MR) is 122 cm³/mol. The molecule has 5 rings (SSSR count). The van der Waals surface area contributed by atoms with Crippen LogP contribution in [0.25, 0.3) is 11.3 Å². The molecule has 4 heterocycles. The first kappa shape index (κ1) is 24.9. The summed E-state index contributed by atoms with van der Waals surface area (Å²) in [5.41, 5.74) is -0.518. The molecule has 0 amide bonds. The molecule has 0 spiro atoms. The van der Waals surface area contributed by atoms with Gasteiger partial charge in [0.1, 0.15) is 46.2 Å². The Labute approximate surface area is 214 Å². The van der Waals surface area contributed by atoms with Crippen molar-refractivity contribution in [3.63, 3.8) is 0 Å². The molecule has 0 radical (unpaired) electrons. The SMILES string of the molecule is COC1C(n2cc(-c3cc(F)c(F)c(F)c3)nn2)[C@H]2OCC(O)C2O[C@@H]1Sc1cc(Cl)cnc1Br. The number of nitrogens with zero attached hydrogens (tertiary/aromatic N) is 4. The fourth-order valence-corrected chi connectivity index (χ4v) is 6.08. The number of rotatable bonds is 5. The van der Waals surface area contributed by atoms with E-state index in [1.807, 2.05) is 0 Å². The molecule has 2 aromatic heterocycles. The lowest BCUT2D eigenvalue weighted by Gasteiger charge is -2.43. The highest BCUT2D eigenvalue weighted by Crippen LogP contribution is 2.45. The van der Waals surface area contributed by atoms with Gasteiger partial charge >= 0.3 is 0 Å². The molecule has 1 N–H and O–H groups in total. The van der Waals surface area contributed by atoms with E-state index in [9.17, 15) is 18.3 Å². The summed E-state index contributed by atoms with van der Waals surface area (Å²) >= 11 is 10.8. The number of ether oxygens (including phenoxy) is 3. The van der Waals surface area contributed by atoms with E-state index in [0.29, 0.717) is 14.5 Å². The number of aliphatic hydroxyl groups is 1. The van der Waals surface area contributed by atoms with Crippen LogP contribution < -0.4 is 0 Å². The summed E-state index contributed by atoms with van der Waals surface area (Å²) < 4.78 is 60.7. The third-order valence-electron chi connectivity index (χ3n) is 5.78. The first-order valence-electron chi connectivity index (χ1n) is 10.3. The van der Waals surface area contributed by atoms with Crippen LogP contribution in [0.2, 0.25) is 5.02 Å². The van der Waals surface area contributed by atoms with Gasteiger partial charge in [0.25, 0.3) is 0 Å². The molecule has 0 saturated carbocycles. The Kier molecular flexibility index (Phi) is 7.09. The molecule has 35 heavy (non-hydrogen) atoms. The zero-order valence-corrected chi connectivity index (χ0v) is 21.0. The van der Waals surface area contributed by atoms with Gasteiger partial charge in [0.05, 0.1) is 17.8 Å². The van der Waals surface area contributed by atoms with Gasteiger partial charge in [-0.05, 0) is 34.1 Å². The second-order valence-corrected chi connectivity index (χ2v) is 10.3. The summed E-state index contributed by atoms with van der Waals surface area (Å²) in [6.45, 7) is 0.0397. The number of halogens is 5. The van der Waals surface area contributed by atoms with Crippen LogP contribution in [0, 0.1) is 17.5 Å². The van der Waals surface area contributed by atoms with Crippen LogP contribution in [0.3, 0.4) is 0 Å². The van der Waals surface area contributed by atoms with Crippen molar-refractivity contribution in [3.8, 4) is 11.3 Å². The van der Waals surface area contributed by atoms with Crippen molar-refractivity contribution in [2.45, 2.75) is 40.8 Å². The van der Waals surface area contributed by atoms with E-state index < -0.39 is 53.3 Å². The molecule has 2 fully saturated rings. The molecule has 3 aromatic rings. The number of thioether (sulfide) groups is 1. The molecule has 14 heteroatoms. The van der Waals surface area contributed by atoms with Crippen LogP contribution in [0.4, 0.5) is 13.2 Å². The Morgan fingerprint density at radius 1 is 1.23 bits per heavy atom. The molecular weight excluding hydrogens is 577 g/mol. The lowest BCUT2D eigenvalue weighted by molar-refractivity contribution is -0.170. The number of fused-ring (bicyclic) bond motifs is 1. The van der Waals surface area contributed by atoms with Gasteiger partial charge in [-0.1, -0.05) is 28.6 Å². The van der Waals surface area contributed by atoms with Gasteiger partial charge in [-0.2, -0.15) is 0 Å². The van der Waals surface area contributed by atoms with Crippen LogP contribution in [-0.2, 0) is 14.2 Å². The fourth-order valence-electron chi connectivity index (χ4n) is 4.18. The summed E-state index contributed by atoms with van der Waals surface area (Å²) in [6, 6.07) is 2.76. The Hall–Kier alpha value is -1.74. The minimum atomic E-state index is -1.57. The largest absolute Gasteiger partial charge is 0.388 e. The van der Waals surface area contributed by atoms with Gasteiger partial charge in [0.2, 0.25) is 0 Å². The Morgan fingerprint density at radius 3 is 2.69 bits per heavy atom. The van der Waals surface area contributed by atoms with Crippen molar-refractivity contribution in [2.24, 2.45) is 0 Å². The average molecular weight is 594 g/mol. The van der Waals surface area contributed by atoms with E-state index in [1.54, 1.807) is 6.07 Å². The normalized spacial score (nSPS) is 28.3. The van der Waals surface area contributed by atoms with Crippen molar-refractivity contribution in [3.05, 3.63) is 57.7 Å². The lowest BCUT2D eigenvalue weighted by atomic mass is 9.96. The molecular formula is C21H17BrClF3N4O4S. The standard InChI is InChI=1S/C21H17BrClF3N4O4S/c1-32-19-16(30-6-12(28-29-30)8-2-10(24)15(26)11(25)3-8)18-17(13(31)7-33-18)34-21(19)35-14-4-9(23)5-27-20(14)22/h2-6,13,16-19,21,31H,7H2,1H3/t13?,16?,17?,18-,19?,21-/m1/s1. The van der Waals surface area contributed by atoms with E-state index >= 15 is 0 Å². The van der Waals surface area contributed by atoms with E-state index in [-0.39, 0.29) is 17.9 Å². The maximum Gasteiger partial charge on any atom is 0.194 e. The quantitative estimate of drug-likeness (QED) is 0.351. The smallest absolute Gasteiger partial charge is 0.194 e. The van der Waals surface area contributed by atoms with Gasteiger partial charge in [0.15, 0.2) is 17.5 Å². The molecule has 8 nitrogen and oxygen atoms in total. The van der Waals surface area contributed by atoms with E-state index in [1.165, 1.54) is 35.9 Å². The number of pyridine rings is 1. The summed E-state index contributed by atoms with van der Waals surface area (Å²) in [6.07, 6.45) is 0.0440. The summed E-state index contributed by atoms with van der Waals surface area (Å²) in [5.74, 6) is -4.24. The molecule has 186 valence electrons. The van der Waals surface area contributed by atoms with Crippen molar-refractivity contribution < 1.29 is 32.5 Å². The predicted octanol–water partition coefficient (Wildman–Crippen LogP) is 4.01. The number of benzene rings is 1. The molecule has 1 aromatic carbocycles. The molecule has 0 aliphatic carbocycles. The molecule has 2 aliphatic rings. The second kappa shape index (κ2) is 9.96. The second-order valence-electron chi connectivity index (χ2n) is 7.92. The highest BCUT2D eigenvalue weighted by atomic mass is 79.9. The Bertz CT molecular complexity index is 1230. The van der Waals surface area contributed by atoms with E-state index in [4.69, 9.17) is 25.8 Å². The summed E-state index contributed by atoms with van der Waals surface area (Å²) in [7, 11) is 1.49. The van der Waals surface area contributed by atoms with Crippen LogP contribution in [0.5, 0.6) is 0 Å². The van der Waals surface area contributed by atoms with Crippen molar-refractivity contribution >= 4 is 39.3 Å². The van der Waals surface area contributed by atoms with Crippen LogP contribution >= 0.6 is 39.3 Å². The minimum Gasteiger partial charge on any atom is -0.388 e. The number of aromatic nitrogens is 4.